The Kier molecular flexibility index (Phi) is 14.3. The van der Waals surface area contributed by atoms with E-state index in [4.69, 9.17) is 9.97 Å². The molecule has 1 fully saturated rings. The van der Waals surface area contributed by atoms with E-state index in [9.17, 15) is 0 Å². The van der Waals surface area contributed by atoms with Crippen LogP contribution < -0.4 is 10.6 Å². The second-order valence-corrected chi connectivity index (χ2v) is 16.3. The van der Waals surface area contributed by atoms with Crippen molar-refractivity contribution in [1.29, 1.82) is 0 Å². The van der Waals surface area contributed by atoms with Crippen molar-refractivity contribution in [3.05, 3.63) is 182 Å². The van der Waals surface area contributed by atoms with Gasteiger partial charge in [0, 0.05) is 64.1 Å². The van der Waals surface area contributed by atoms with Crippen molar-refractivity contribution in [3.63, 3.8) is 0 Å². The predicted octanol–water partition coefficient (Wildman–Crippen LogP) is 9.34. The van der Waals surface area contributed by atoms with Crippen molar-refractivity contribution in [1.82, 2.24) is 50.3 Å². The van der Waals surface area contributed by atoms with Gasteiger partial charge in [-0.15, -0.1) is 0 Å². The first-order valence-corrected chi connectivity index (χ1v) is 22.4. The van der Waals surface area contributed by atoms with E-state index in [2.05, 4.69) is 113 Å². The number of rotatable bonds is 10. The van der Waals surface area contributed by atoms with E-state index >= 15 is 0 Å². The van der Waals surface area contributed by atoms with Crippen LogP contribution in [0.4, 0.5) is 0 Å². The van der Waals surface area contributed by atoms with Gasteiger partial charge >= 0.3 is 0 Å². The first-order chi connectivity index (χ1) is 31.7. The number of pyridine rings is 6. The molecule has 0 aliphatic carbocycles. The molecule has 0 unspecified atom stereocenters. The Morgan fingerprint density at radius 3 is 1.00 bits per heavy atom. The topological polar surface area (TPSA) is 108 Å². The lowest BCUT2D eigenvalue weighted by molar-refractivity contribution is 0.241. The summed E-state index contributed by atoms with van der Waals surface area (Å²) in [5.41, 5.74) is 13.8. The maximum atomic E-state index is 4.95. The first-order valence-electron chi connectivity index (χ1n) is 22.4. The molecule has 9 rings (SSSR count). The van der Waals surface area contributed by atoms with Crippen LogP contribution in [0.15, 0.2) is 170 Å². The van der Waals surface area contributed by atoms with Gasteiger partial charge in [0.1, 0.15) is 0 Å². The zero-order chi connectivity index (χ0) is 43.2. The smallest absolute Gasteiger partial charge is 0.0900 e. The van der Waals surface area contributed by atoms with Gasteiger partial charge < -0.3 is 10.6 Å². The van der Waals surface area contributed by atoms with Gasteiger partial charge in [-0.3, -0.25) is 29.7 Å². The Morgan fingerprint density at radius 1 is 0.344 bits per heavy atom. The average Bonchev–Trinajstić information content (AvgIpc) is 3.37. The fraction of sp³-hybridized carbons (Fsp3) is 0.222. The van der Waals surface area contributed by atoms with E-state index in [1.165, 1.54) is 11.1 Å². The average molecular weight is 843 g/mol. The fourth-order valence-corrected chi connectivity index (χ4v) is 8.22. The second-order valence-electron chi connectivity index (χ2n) is 16.3. The predicted molar refractivity (Wildman–Crippen MR) is 258 cm³/mol. The van der Waals surface area contributed by atoms with Gasteiger partial charge in [0.25, 0.3) is 0 Å². The summed E-state index contributed by atoms with van der Waals surface area (Å²) in [5, 5.41) is 7.50. The molecule has 0 amide bonds. The molecule has 7 heterocycles. The number of hydrogen-bond acceptors (Lipinski definition) is 10. The molecule has 2 N–H and O–H groups in total. The van der Waals surface area contributed by atoms with Gasteiger partial charge in [0.05, 0.1) is 45.6 Å². The maximum Gasteiger partial charge on any atom is 0.0900 e. The van der Waals surface area contributed by atoms with Gasteiger partial charge in [-0.05, 0) is 145 Å². The van der Waals surface area contributed by atoms with Crippen molar-refractivity contribution in [2.45, 2.75) is 25.9 Å². The number of benzene rings is 2. The molecule has 1 aliphatic heterocycles. The second kappa shape index (κ2) is 21.5. The summed E-state index contributed by atoms with van der Waals surface area (Å²) >= 11 is 0. The molecule has 0 bridgehead atoms. The third kappa shape index (κ3) is 11.4. The minimum Gasteiger partial charge on any atom is -0.315 e. The summed E-state index contributed by atoms with van der Waals surface area (Å²) in [6.07, 6.45) is 9.44. The highest BCUT2D eigenvalue weighted by molar-refractivity contribution is 5.76. The van der Waals surface area contributed by atoms with Crippen molar-refractivity contribution in [3.8, 4) is 67.8 Å². The lowest BCUT2D eigenvalue weighted by Crippen LogP contribution is -2.38. The van der Waals surface area contributed by atoms with Crippen LogP contribution in [0, 0.1) is 0 Å². The van der Waals surface area contributed by atoms with Crippen LogP contribution in [0.5, 0.6) is 0 Å². The van der Waals surface area contributed by atoms with Gasteiger partial charge in [0.2, 0.25) is 0 Å². The summed E-state index contributed by atoms with van der Waals surface area (Å²) in [7, 11) is 0. The molecule has 0 radical (unpaired) electrons. The molecule has 0 spiro atoms. The van der Waals surface area contributed by atoms with Gasteiger partial charge in [-0.1, -0.05) is 72.8 Å². The maximum absolute atomic E-state index is 4.95. The quantitative estimate of drug-likeness (QED) is 0.138. The van der Waals surface area contributed by atoms with Crippen LogP contribution >= 0.6 is 0 Å². The first kappa shape index (κ1) is 42.5. The lowest BCUT2D eigenvalue weighted by atomic mass is 10.0. The van der Waals surface area contributed by atoms with E-state index in [1.807, 2.05) is 97.6 Å². The number of aromatic nitrogens is 6. The number of hydrogen-bond donors (Lipinski definition) is 2. The van der Waals surface area contributed by atoms with Crippen molar-refractivity contribution >= 4 is 0 Å². The number of nitrogens with one attached hydrogen (secondary N) is 2. The SMILES string of the molecule is c1ccc(-c2cc(-c3ccc(CN4CCCNCCN(Cc5ccc(-c6cc(-c7ccccn7)nc(-c7ccccn7)c6)cc5)CCCNCC4)cc3)cc(-c3ccccn3)n2)nc1. The molecule has 8 aromatic rings. The highest BCUT2D eigenvalue weighted by atomic mass is 15.2. The Hall–Kier alpha value is -6.82. The van der Waals surface area contributed by atoms with Gasteiger partial charge in [0.15, 0.2) is 0 Å². The van der Waals surface area contributed by atoms with Crippen LogP contribution in [0.1, 0.15) is 24.0 Å². The molecule has 1 aliphatic rings. The standard InChI is InChI=1S/C54H54N10/c1-5-25-57-47(11-1)51-35-45(36-52(61-51)48-12-2-6-26-58-48)43-19-15-41(16-20-43)39-63-31-9-23-56-30-34-64(32-10-24-55-29-33-63)40-42-17-21-44(22-18-42)46-37-53(49-13-3-7-27-59-49)62-54(38-46)50-14-4-8-28-60-50/h1-8,11-22,25-28,35-38,55-56H,9-10,23-24,29-34,39-40H2. The molecule has 0 saturated carbocycles. The van der Waals surface area contributed by atoms with Gasteiger partial charge in [-0.25, -0.2) is 9.97 Å². The fourth-order valence-electron chi connectivity index (χ4n) is 8.22. The minimum absolute atomic E-state index is 0.836. The molecule has 2 aromatic carbocycles. The lowest BCUT2D eigenvalue weighted by Gasteiger charge is -2.25. The van der Waals surface area contributed by atoms with Crippen LogP contribution in [0.25, 0.3) is 67.8 Å². The molecule has 0 atom stereocenters. The van der Waals surface area contributed by atoms with Crippen LogP contribution in [0.3, 0.4) is 0 Å². The van der Waals surface area contributed by atoms with Gasteiger partial charge in [-0.2, -0.15) is 0 Å². The summed E-state index contributed by atoms with van der Waals surface area (Å²) in [6.45, 7) is 9.87. The number of nitrogens with zero attached hydrogens (tertiary/aromatic N) is 8. The third-order valence-corrected chi connectivity index (χ3v) is 11.6. The van der Waals surface area contributed by atoms with E-state index in [0.717, 1.165) is 146 Å². The van der Waals surface area contributed by atoms with Crippen molar-refractivity contribution in [2.75, 3.05) is 52.4 Å². The van der Waals surface area contributed by atoms with E-state index < -0.39 is 0 Å². The summed E-state index contributed by atoms with van der Waals surface area (Å²) in [4.78, 5) is 33.4. The Labute approximate surface area is 376 Å². The zero-order valence-electron chi connectivity index (χ0n) is 36.2. The van der Waals surface area contributed by atoms with Crippen LogP contribution in [-0.4, -0.2) is 92.1 Å². The van der Waals surface area contributed by atoms with Crippen molar-refractivity contribution < 1.29 is 0 Å². The highest BCUT2D eigenvalue weighted by Crippen LogP contribution is 2.31. The van der Waals surface area contributed by atoms with Crippen LogP contribution in [0.2, 0.25) is 0 Å². The Balaban J connectivity index is 0.796. The third-order valence-electron chi connectivity index (χ3n) is 11.6. The highest BCUT2D eigenvalue weighted by Gasteiger charge is 2.14. The normalized spacial score (nSPS) is 14.8. The monoisotopic (exact) mass is 842 g/mol. The Morgan fingerprint density at radius 2 is 0.688 bits per heavy atom. The molecule has 10 heteroatoms. The molecule has 320 valence electrons. The molecular formula is C54H54N10. The van der Waals surface area contributed by atoms with E-state index in [0.29, 0.717) is 0 Å². The molecule has 64 heavy (non-hydrogen) atoms. The molecule has 6 aromatic heterocycles. The molecule has 10 nitrogen and oxygen atoms in total. The zero-order valence-corrected chi connectivity index (χ0v) is 36.2. The van der Waals surface area contributed by atoms with E-state index in [1.54, 1.807) is 0 Å². The molecule has 1 saturated heterocycles. The summed E-state index contributed by atoms with van der Waals surface area (Å²) in [5.74, 6) is 0. The van der Waals surface area contributed by atoms with Crippen molar-refractivity contribution in [2.24, 2.45) is 0 Å². The summed E-state index contributed by atoms with van der Waals surface area (Å²) < 4.78 is 0. The largest absolute Gasteiger partial charge is 0.315 e. The van der Waals surface area contributed by atoms with E-state index in [-0.39, 0.29) is 0 Å². The summed E-state index contributed by atoms with van der Waals surface area (Å²) in [6, 6.07) is 50.3. The van der Waals surface area contributed by atoms with Crippen LogP contribution in [-0.2, 0) is 13.1 Å². The minimum atomic E-state index is 0.836. The molecular weight excluding hydrogens is 789 g/mol. The Bertz CT molecular complexity index is 2340.